The molecule has 0 radical (unpaired) electrons. The highest BCUT2D eigenvalue weighted by Crippen LogP contribution is 2.31. The van der Waals surface area contributed by atoms with E-state index in [0.29, 0.717) is 0 Å². The summed E-state index contributed by atoms with van der Waals surface area (Å²) < 4.78 is 7.28. The predicted molar refractivity (Wildman–Crippen MR) is 53.9 cm³/mol. The van der Waals surface area contributed by atoms with Crippen LogP contribution >= 0.6 is 27.3 Å². The highest BCUT2D eigenvalue weighted by Gasteiger charge is 2.03. The maximum atomic E-state index is 5.14. The number of hydrogen-bond acceptors (Lipinski definition) is 3. The lowest BCUT2D eigenvalue weighted by molar-refractivity contribution is 0.413. The van der Waals surface area contributed by atoms with E-state index in [4.69, 9.17) is 4.74 Å². The smallest absolute Gasteiger partial charge is 0.135 e. The lowest BCUT2D eigenvalue weighted by Gasteiger charge is -2.01. The number of nitrogens with zero attached hydrogens (tertiary/aromatic N) is 1. The van der Waals surface area contributed by atoms with Crippen molar-refractivity contribution in [2.45, 2.75) is 0 Å². The van der Waals surface area contributed by atoms with Crippen molar-refractivity contribution in [3.8, 4) is 5.75 Å². The SMILES string of the molecule is COc1cc2ncsc2cc1Br. The molecule has 62 valence electrons. The largest absolute Gasteiger partial charge is 0.495 e. The highest BCUT2D eigenvalue weighted by atomic mass is 79.9. The molecule has 4 heteroatoms. The van der Waals surface area contributed by atoms with Gasteiger partial charge in [0.05, 0.1) is 27.3 Å². The maximum Gasteiger partial charge on any atom is 0.135 e. The maximum absolute atomic E-state index is 5.14. The molecular formula is C8H6BrNOS. The Morgan fingerprint density at radius 3 is 3.08 bits per heavy atom. The fourth-order valence-corrected chi connectivity index (χ4v) is 2.37. The zero-order valence-corrected chi connectivity index (χ0v) is 8.78. The van der Waals surface area contributed by atoms with Crippen LogP contribution in [0, 0.1) is 0 Å². The number of aromatic nitrogens is 1. The normalized spacial score (nSPS) is 10.5. The lowest BCUT2D eigenvalue weighted by Crippen LogP contribution is -1.83. The summed E-state index contributed by atoms with van der Waals surface area (Å²) in [5.41, 5.74) is 2.82. The van der Waals surface area contributed by atoms with Gasteiger partial charge in [0.1, 0.15) is 5.75 Å². The third-order valence-corrected chi connectivity index (χ3v) is 3.02. The second-order valence-electron chi connectivity index (χ2n) is 2.31. The quantitative estimate of drug-likeness (QED) is 0.769. The van der Waals surface area contributed by atoms with Crippen molar-refractivity contribution in [3.63, 3.8) is 0 Å². The molecule has 0 aliphatic heterocycles. The summed E-state index contributed by atoms with van der Waals surface area (Å²) in [4.78, 5) is 4.19. The molecule has 0 bridgehead atoms. The van der Waals surface area contributed by atoms with Crippen LogP contribution in [0.15, 0.2) is 22.1 Å². The van der Waals surface area contributed by atoms with E-state index in [9.17, 15) is 0 Å². The third kappa shape index (κ3) is 1.21. The van der Waals surface area contributed by atoms with Gasteiger partial charge in [-0.25, -0.2) is 4.98 Å². The number of halogens is 1. The Morgan fingerprint density at radius 1 is 1.50 bits per heavy atom. The summed E-state index contributed by atoms with van der Waals surface area (Å²) in [7, 11) is 1.65. The molecular weight excluding hydrogens is 238 g/mol. The second-order valence-corrected chi connectivity index (χ2v) is 4.05. The first-order valence-corrected chi connectivity index (χ1v) is 5.05. The Labute approximate surface area is 82.3 Å². The van der Waals surface area contributed by atoms with Gasteiger partial charge in [-0.3, -0.25) is 0 Å². The molecule has 12 heavy (non-hydrogen) atoms. The average Bonchev–Trinajstić information content (AvgIpc) is 2.49. The molecule has 0 aliphatic carbocycles. The van der Waals surface area contributed by atoms with Gasteiger partial charge in [0, 0.05) is 6.07 Å². The molecule has 0 unspecified atom stereocenters. The molecule has 1 heterocycles. The van der Waals surface area contributed by atoms with Crippen LogP contribution in [-0.2, 0) is 0 Å². The molecule has 2 aromatic rings. The van der Waals surface area contributed by atoms with Gasteiger partial charge < -0.3 is 4.74 Å². The van der Waals surface area contributed by atoms with Crippen molar-refractivity contribution in [3.05, 3.63) is 22.1 Å². The first kappa shape index (κ1) is 8.01. The van der Waals surface area contributed by atoms with Crippen LogP contribution in [0.4, 0.5) is 0 Å². The summed E-state index contributed by atoms with van der Waals surface area (Å²) in [6.45, 7) is 0. The monoisotopic (exact) mass is 243 g/mol. The van der Waals surface area contributed by atoms with Crippen molar-refractivity contribution in [2.24, 2.45) is 0 Å². The van der Waals surface area contributed by atoms with Crippen LogP contribution in [0.2, 0.25) is 0 Å². The van der Waals surface area contributed by atoms with E-state index in [1.54, 1.807) is 18.4 Å². The number of thiazole rings is 1. The number of rotatable bonds is 1. The molecule has 0 spiro atoms. The predicted octanol–water partition coefficient (Wildman–Crippen LogP) is 3.07. The van der Waals surface area contributed by atoms with Gasteiger partial charge >= 0.3 is 0 Å². The van der Waals surface area contributed by atoms with E-state index < -0.39 is 0 Å². The number of ether oxygens (including phenoxy) is 1. The van der Waals surface area contributed by atoms with Gasteiger partial charge in [0.25, 0.3) is 0 Å². The van der Waals surface area contributed by atoms with Gasteiger partial charge in [-0.2, -0.15) is 0 Å². The minimum absolute atomic E-state index is 0.827. The molecule has 1 aromatic heterocycles. The molecule has 2 nitrogen and oxygen atoms in total. The van der Waals surface area contributed by atoms with Gasteiger partial charge in [-0.05, 0) is 22.0 Å². The molecule has 0 saturated heterocycles. The van der Waals surface area contributed by atoms with E-state index in [1.165, 1.54) is 4.70 Å². The summed E-state index contributed by atoms with van der Waals surface area (Å²) in [5.74, 6) is 0.827. The van der Waals surface area contributed by atoms with Crippen LogP contribution in [0.5, 0.6) is 5.75 Å². The van der Waals surface area contributed by atoms with E-state index in [0.717, 1.165) is 15.7 Å². The van der Waals surface area contributed by atoms with Crippen LogP contribution in [-0.4, -0.2) is 12.1 Å². The molecule has 0 amide bonds. The summed E-state index contributed by atoms with van der Waals surface area (Å²) >= 11 is 5.04. The number of fused-ring (bicyclic) bond motifs is 1. The molecule has 0 N–H and O–H groups in total. The zero-order chi connectivity index (χ0) is 8.55. The molecule has 0 saturated carbocycles. The Bertz CT molecular complexity index is 412. The van der Waals surface area contributed by atoms with E-state index >= 15 is 0 Å². The van der Waals surface area contributed by atoms with Gasteiger partial charge in [-0.15, -0.1) is 11.3 Å². The van der Waals surface area contributed by atoms with Crippen molar-refractivity contribution in [1.29, 1.82) is 0 Å². The minimum atomic E-state index is 0.827. The van der Waals surface area contributed by atoms with Crippen molar-refractivity contribution >= 4 is 37.5 Å². The third-order valence-electron chi connectivity index (χ3n) is 1.60. The summed E-state index contributed by atoms with van der Waals surface area (Å²) in [6, 6.07) is 3.95. The van der Waals surface area contributed by atoms with Crippen molar-refractivity contribution in [1.82, 2.24) is 4.98 Å². The first-order chi connectivity index (χ1) is 5.81. The second kappa shape index (κ2) is 3.03. The topological polar surface area (TPSA) is 22.1 Å². The Morgan fingerprint density at radius 2 is 2.33 bits per heavy atom. The van der Waals surface area contributed by atoms with E-state index in [2.05, 4.69) is 20.9 Å². The number of methoxy groups -OCH3 is 1. The molecule has 2 rings (SSSR count). The van der Waals surface area contributed by atoms with Crippen LogP contribution < -0.4 is 4.74 Å². The van der Waals surface area contributed by atoms with E-state index in [1.807, 2.05) is 17.6 Å². The highest BCUT2D eigenvalue weighted by molar-refractivity contribution is 9.10. The van der Waals surface area contributed by atoms with E-state index in [-0.39, 0.29) is 0 Å². The Hall–Kier alpha value is -0.610. The van der Waals surface area contributed by atoms with Crippen LogP contribution in [0.3, 0.4) is 0 Å². The lowest BCUT2D eigenvalue weighted by atomic mass is 10.3. The Kier molecular flexibility index (Phi) is 2.02. The van der Waals surface area contributed by atoms with Gasteiger partial charge in [-0.1, -0.05) is 0 Å². The summed E-state index contributed by atoms with van der Waals surface area (Å²) in [5, 5.41) is 0. The molecule has 0 atom stereocenters. The average molecular weight is 244 g/mol. The van der Waals surface area contributed by atoms with Gasteiger partial charge in [0.2, 0.25) is 0 Å². The molecule has 1 aromatic carbocycles. The van der Waals surface area contributed by atoms with Crippen molar-refractivity contribution < 1.29 is 4.74 Å². The van der Waals surface area contributed by atoms with Crippen LogP contribution in [0.25, 0.3) is 10.2 Å². The molecule has 0 aliphatic rings. The fourth-order valence-electron chi connectivity index (χ4n) is 1.02. The standard InChI is InChI=1S/C8H6BrNOS/c1-11-7-3-6-8(2-5(7)9)12-4-10-6/h2-4H,1H3. The fraction of sp³-hybridized carbons (Fsp3) is 0.125. The minimum Gasteiger partial charge on any atom is -0.495 e. The number of benzene rings is 1. The van der Waals surface area contributed by atoms with Gasteiger partial charge in [0.15, 0.2) is 0 Å². The number of hydrogen-bond donors (Lipinski definition) is 0. The van der Waals surface area contributed by atoms with Crippen molar-refractivity contribution in [2.75, 3.05) is 7.11 Å². The summed E-state index contributed by atoms with van der Waals surface area (Å²) in [6.07, 6.45) is 0. The molecule has 0 fully saturated rings. The Balaban J connectivity index is 2.73. The first-order valence-electron chi connectivity index (χ1n) is 3.38. The zero-order valence-electron chi connectivity index (χ0n) is 6.37. The van der Waals surface area contributed by atoms with Crippen LogP contribution in [0.1, 0.15) is 0 Å².